The molecule has 0 bridgehead atoms. The summed E-state index contributed by atoms with van der Waals surface area (Å²) >= 11 is 0. The predicted octanol–water partition coefficient (Wildman–Crippen LogP) is 3.36. The number of piperazine rings is 1. The Bertz CT molecular complexity index is 1380. The first-order valence-corrected chi connectivity index (χ1v) is 11.9. The molecule has 0 unspecified atom stereocenters. The first-order chi connectivity index (χ1) is 16.6. The van der Waals surface area contributed by atoms with Crippen molar-refractivity contribution in [3.05, 3.63) is 71.0 Å². The molecule has 34 heavy (non-hydrogen) atoms. The normalized spacial score (nSPS) is 14.6. The van der Waals surface area contributed by atoms with Crippen LogP contribution in [0, 0.1) is 17.1 Å². The van der Waals surface area contributed by atoms with Gasteiger partial charge in [0.05, 0.1) is 49.9 Å². The second kappa shape index (κ2) is 9.32. The first kappa shape index (κ1) is 22.2. The fourth-order valence-corrected chi connectivity index (χ4v) is 5.02. The third kappa shape index (κ3) is 3.95. The van der Waals surface area contributed by atoms with Gasteiger partial charge in [-0.3, -0.25) is 4.40 Å². The smallest absolute Gasteiger partial charge is 0.165 e. The third-order valence-corrected chi connectivity index (χ3v) is 6.73. The van der Waals surface area contributed by atoms with Crippen LogP contribution in [0.4, 0.5) is 10.2 Å². The van der Waals surface area contributed by atoms with Crippen LogP contribution in [0.1, 0.15) is 30.0 Å². The topological polar surface area (TPSA) is 58.0 Å². The maximum atomic E-state index is 14.1. The van der Waals surface area contributed by atoms with Gasteiger partial charge < -0.3 is 14.5 Å². The fourth-order valence-electron chi connectivity index (χ4n) is 5.02. The Hall–Kier alpha value is -3.63. The number of imidazole rings is 1. The number of fused-ring (bicyclic) bond motifs is 3. The van der Waals surface area contributed by atoms with Crippen molar-refractivity contribution in [1.82, 2.24) is 9.38 Å². The van der Waals surface area contributed by atoms with Gasteiger partial charge in [-0.1, -0.05) is 25.5 Å². The highest BCUT2D eigenvalue weighted by Gasteiger charge is 2.25. The molecule has 0 atom stereocenters. The average Bonchev–Trinajstić information content (AvgIpc) is 3.24. The van der Waals surface area contributed by atoms with Gasteiger partial charge in [-0.15, -0.1) is 0 Å². The molecule has 0 aliphatic carbocycles. The number of nitriles is 1. The van der Waals surface area contributed by atoms with Gasteiger partial charge in [-0.2, -0.15) is 5.26 Å². The third-order valence-electron chi connectivity index (χ3n) is 6.73. The van der Waals surface area contributed by atoms with Crippen LogP contribution in [0.5, 0.6) is 5.75 Å². The molecule has 0 spiro atoms. The number of aromatic nitrogens is 2. The van der Waals surface area contributed by atoms with Crippen molar-refractivity contribution in [2.45, 2.75) is 26.3 Å². The summed E-state index contributed by atoms with van der Waals surface area (Å²) in [5.41, 5.74) is 5.38. The van der Waals surface area contributed by atoms with Crippen molar-refractivity contribution < 1.29 is 14.0 Å². The van der Waals surface area contributed by atoms with E-state index in [1.807, 2.05) is 24.3 Å². The number of nitrogens with zero attached hydrogens (tertiary/aromatic N) is 4. The SMILES string of the molecule is CCCc1cc(N2CC[NH+](Cc3ccc(OC)c(F)c3)CC2)n2c(nc3ccccc32)c1C#N. The van der Waals surface area contributed by atoms with Gasteiger partial charge in [0.1, 0.15) is 18.4 Å². The molecular formula is C27H29FN5O+. The summed E-state index contributed by atoms with van der Waals surface area (Å²) in [5.74, 6) is 1.07. The lowest BCUT2D eigenvalue weighted by Gasteiger charge is -2.34. The van der Waals surface area contributed by atoms with E-state index in [0.29, 0.717) is 5.56 Å². The number of anilines is 1. The molecule has 1 saturated heterocycles. The highest BCUT2D eigenvalue weighted by Crippen LogP contribution is 2.29. The summed E-state index contributed by atoms with van der Waals surface area (Å²) in [6, 6.07) is 17.9. The molecule has 2 aromatic heterocycles. The minimum Gasteiger partial charge on any atom is -0.494 e. The lowest BCUT2D eigenvalue weighted by atomic mass is 10.0. The fraction of sp³-hybridized carbons (Fsp3) is 0.333. The van der Waals surface area contributed by atoms with Crippen LogP contribution >= 0.6 is 0 Å². The molecule has 0 amide bonds. The van der Waals surface area contributed by atoms with Crippen LogP contribution in [0.2, 0.25) is 0 Å². The van der Waals surface area contributed by atoms with Crippen molar-refractivity contribution in [2.24, 2.45) is 0 Å². The molecule has 7 heteroatoms. The minimum atomic E-state index is -0.312. The van der Waals surface area contributed by atoms with Gasteiger partial charge in [0, 0.05) is 5.56 Å². The Morgan fingerprint density at radius 2 is 1.94 bits per heavy atom. The van der Waals surface area contributed by atoms with Crippen molar-refractivity contribution >= 4 is 22.5 Å². The molecule has 5 rings (SSSR count). The molecular weight excluding hydrogens is 429 g/mol. The molecule has 1 aliphatic rings. The maximum absolute atomic E-state index is 14.1. The van der Waals surface area contributed by atoms with Gasteiger partial charge in [0.15, 0.2) is 17.2 Å². The number of aryl methyl sites for hydroxylation is 1. The first-order valence-electron chi connectivity index (χ1n) is 11.9. The Morgan fingerprint density at radius 1 is 1.15 bits per heavy atom. The second-order valence-electron chi connectivity index (χ2n) is 8.91. The number of pyridine rings is 1. The number of benzene rings is 2. The van der Waals surface area contributed by atoms with E-state index in [4.69, 9.17) is 9.72 Å². The summed E-state index contributed by atoms with van der Waals surface area (Å²) in [7, 11) is 1.48. The monoisotopic (exact) mass is 458 g/mol. The van der Waals surface area contributed by atoms with E-state index in [2.05, 4.69) is 34.4 Å². The molecule has 3 heterocycles. The van der Waals surface area contributed by atoms with Gasteiger partial charge in [-0.25, -0.2) is 9.37 Å². The summed E-state index contributed by atoms with van der Waals surface area (Å²) in [5, 5.41) is 9.94. The molecule has 0 saturated carbocycles. The van der Waals surface area contributed by atoms with Crippen molar-refractivity contribution in [3.63, 3.8) is 0 Å². The lowest BCUT2D eigenvalue weighted by Crippen LogP contribution is -3.13. The number of methoxy groups -OCH3 is 1. The number of para-hydroxylation sites is 2. The molecule has 174 valence electrons. The van der Waals surface area contributed by atoms with Gasteiger partial charge in [0.2, 0.25) is 0 Å². The van der Waals surface area contributed by atoms with E-state index in [9.17, 15) is 9.65 Å². The van der Waals surface area contributed by atoms with Crippen LogP contribution in [-0.4, -0.2) is 42.7 Å². The van der Waals surface area contributed by atoms with Crippen LogP contribution in [0.25, 0.3) is 16.7 Å². The Kier molecular flexibility index (Phi) is 6.08. The Balaban J connectivity index is 1.44. The summed E-state index contributed by atoms with van der Waals surface area (Å²) in [6.07, 6.45) is 1.82. The van der Waals surface area contributed by atoms with Crippen molar-refractivity contribution in [1.29, 1.82) is 5.26 Å². The standard InChI is InChI=1S/C27H28FN5O/c1-3-6-20-16-26(33-24-8-5-4-7-23(24)30-27(33)21(20)17-29)32-13-11-31(12-14-32)18-19-9-10-25(34-2)22(28)15-19/h4-5,7-10,15-16H,3,6,11-14,18H2,1-2H3/p+1. The highest BCUT2D eigenvalue weighted by atomic mass is 19.1. The van der Waals surface area contributed by atoms with E-state index in [0.717, 1.165) is 79.2 Å². The average molecular weight is 459 g/mol. The molecule has 1 fully saturated rings. The van der Waals surface area contributed by atoms with Crippen LogP contribution in [0.15, 0.2) is 48.5 Å². The van der Waals surface area contributed by atoms with Gasteiger partial charge in [0.25, 0.3) is 0 Å². The van der Waals surface area contributed by atoms with E-state index >= 15 is 0 Å². The van der Waals surface area contributed by atoms with Crippen LogP contribution in [-0.2, 0) is 13.0 Å². The van der Waals surface area contributed by atoms with Crippen LogP contribution < -0.4 is 14.5 Å². The number of hydrogen-bond acceptors (Lipinski definition) is 4. The zero-order chi connectivity index (χ0) is 23.7. The number of rotatable bonds is 6. The number of nitrogens with one attached hydrogen (secondary N) is 1. The molecule has 4 aromatic rings. The molecule has 0 radical (unpaired) electrons. The van der Waals surface area contributed by atoms with E-state index in [1.54, 1.807) is 12.1 Å². The van der Waals surface area contributed by atoms with E-state index in [-0.39, 0.29) is 11.6 Å². The van der Waals surface area contributed by atoms with Crippen molar-refractivity contribution in [3.8, 4) is 11.8 Å². The lowest BCUT2D eigenvalue weighted by molar-refractivity contribution is -0.914. The van der Waals surface area contributed by atoms with Gasteiger partial charge >= 0.3 is 0 Å². The second-order valence-corrected chi connectivity index (χ2v) is 8.91. The van der Waals surface area contributed by atoms with E-state index in [1.165, 1.54) is 12.0 Å². The summed E-state index contributed by atoms with van der Waals surface area (Å²) in [4.78, 5) is 8.67. The van der Waals surface area contributed by atoms with E-state index < -0.39 is 0 Å². The number of ether oxygens (including phenoxy) is 1. The van der Waals surface area contributed by atoms with Crippen LogP contribution in [0.3, 0.4) is 0 Å². The molecule has 2 aromatic carbocycles. The molecule has 1 aliphatic heterocycles. The Labute approximate surface area is 198 Å². The predicted molar refractivity (Wildman–Crippen MR) is 131 cm³/mol. The number of halogens is 1. The molecule has 1 N–H and O–H groups in total. The zero-order valence-electron chi connectivity index (χ0n) is 19.6. The van der Waals surface area contributed by atoms with Gasteiger partial charge in [-0.05, 0) is 48.4 Å². The largest absolute Gasteiger partial charge is 0.494 e. The summed E-state index contributed by atoms with van der Waals surface area (Å²) in [6.45, 7) is 6.58. The number of quaternary nitrogens is 1. The maximum Gasteiger partial charge on any atom is 0.165 e. The number of hydrogen-bond donors (Lipinski definition) is 1. The highest BCUT2D eigenvalue weighted by molar-refractivity contribution is 5.85. The Morgan fingerprint density at radius 3 is 2.65 bits per heavy atom. The quantitative estimate of drug-likeness (QED) is 0.481. The van der Waals surface area contributed by atoms with Crippen molar-refractivity contribution in [2.75, 3.05) is 38.2 Å². The zero-order valence-corrected chi connectivity index (χ0v) is 19.6. The molecule has 6 nitrogen and oxygen atoms in total. The summed E-state index contributed by atoms with van der Waals surface area (Å²) < 4.78 is 21.3. The minimum absolute atomic E-state index is 0.281.